The van der Waals surface area contributed by atoms with Crippen molar-refractivity contribution in [3.05, 3.63) is 36.4 Å². The van der Waals surface area contributed by atoms with Crippen LogP contribution in [0.2, 0.25) is 0 Å². The molecule has 0 unspecified atom stereocenters. The highest BCUT2D eigenvalue weighted by molar-refractivity contribution is 6.03. The number of nitrogens with one attached hydrogen (secondary N) is 1. The van der Waals surface area contributed by atoms with Gasteiger partial charge in [-0.05, 0) is 12.1 Å². The van der Waals surface area contributed by atoms with Crippen LogP contribution in [0, 0.1) is 0 Å². The fourth-order valence-electron chi connectivity index (χ4n) is 1.13. The van der Waals surface area contributed by atoms with Crippen molar-refractivity contribution in [3.63, 3.8) is 0 Å². The van der Waals surface area contributed by atoms with E-state index >= 15 is 0 Å². The minimum atomic E-state index is -0.583. The molecule has 1 aromatic carbocycles. The van der Waals surface area contributed by atoms with E-state index < -0.39 is 11.9 Å². The van der Waals surface area contributed by atoms with E-state index in [9.17, 15) is 9.59 Å². The van der Waals surface area contributed by atoms with Gasteiger partial charge in [-0.1, -0.05) is 12.1 Å². The molecule has 90 valence electrons. The van der Waals surface area contributed by atoms with Crippen molar-refractivity contribution in [2.24, 2.45) is 0 Å². The maximum atomic E-state index is 11.4. The van der Waals surface area contributed by atoms with Crippen molar-refractivity contribution in [1.29, 1.82) is 0 Å². The number of carbonyl (C=O) groups is 2. The highest BCUT2D eigenvalue weighted by atomic mass is 16.5. The molecule has 1 aromatic rings. The van der Waals surface area contributed by atoms with Crippen LogP contribution in [0.1, 0.15) is 0 Å². The number of benzene rings is 1. The highest BCUT2D eigenvalue weighted by Crippen LogP contribution is 2.22. The number of amides is 1. The quantitative estimate of drug-likeness (QED) is 0.632. The van der Waals surface area contributed by atoms with Crippen LogP contribution in [0.4, 0.5) is 5.69 Å². The third-order valence-corrected chi connectivity index (χ3v) is 1.94. The standard InChI is InChI=1S/C12H13NO4/c1-16-10-6-4-3-5-9(10)13-11(14)7-8-12(15)17-2/h3-8H,1-2H3,(H,13,14). The molecular weight excluding hydrogens is 222 g/mol. The SMILES string of the molecule is COC(=O)C=CC(=O)Nc1ccccc1OC. The Morgan fingerprint density at radius 3 is 2.53 bits per heavy atom. The summed E-state index contributed by atoms with van der Waals surface area (Å²) in [7, 11) is 2.75. The van der Waals surface area contributed by atoms with Gasteiger partial charge >= 0.3 is 5.97 Å². The molecule has 0 heterocycles. The van der Waals surface area contributed by atoms with Crippen molar-refractivity contribution in [2.45, 2.75) is 0 Å². The lowest BCUT2D eigenvalue weighted by molar-refractivity contribution is -0.135. The Bertz CT molecular complexity index is 440. The summed E-state index contributed by atoms with van der Waals surface area (Å²) in [4.78, 5) is 22.2. The van der Waals surface area contributed by atoms with Gasteiger partial charge in [0.1, 0.15) is 5.75 Å². The topological polar surface area (TPSA) is 64.6 Å². The van der Waals surface area contributed by atoms with E-state index in [2.05, 4.69) is 10.1 Å². The van der Waals surface area contributed by atoms with Crippen LogP contribution in [0.3, 0.4) is 0 Å². The van der Waals surface area contributed by atoms with Crippen molar-refractivity contribution in [2.75, 3.05) is 19.5 Å². The van der Waals surface area contributed by atoms with E-state index in [-0.39, 0.29) is 0 Å². The van der Waals surface area contributed by atoms with E-state index in [1.807, 2.05) is 0 Å². The van der Waals surface area contributed by atoms with Gasteiger partial charge in [0, 0.05) is 12.2 Å². The molecule has 0 fully saturated rings. The predicted octanol–water partition coefficient (Wildman–Crippen LogP) is 1.36. The monoisotopic (exact) mass is 235 g/mol. The fraction of sp³-hybridized carbons (Fsp3) is 0.167. The number of anilines is 1. The maximum Gasteiger partial charge on any atom is 0.330 e. The molecule has 0 spiro atoms. The highest BCUT2D eigenvalue weighted by Gasteiger charge is 2.04. The van der Waals surface area contributed by atoms with Gasteiger partial charge in [0.2, 0.25) is 5.91 Å². The van der Waals surface area contributed by atoms with Gasteiger partial charge in [-0.25, -0.2) is 4.79 Å². The number of esters is 1. The second-order valence-electron chi connectivity index (χ2n) is 3.05. The first-order chi connectivity index (χ1) is 8.17. The summed E-state index contributed by atoms with van der Waals surface area (Å²) in [6.07, 6.45) is 2.14. The molecule has 0 aromatic heterocycles. The average Bonchev–Trinajstić information content (AvgIpc) is 2.36. The molecule has 0 aliphatic heterocycles. The molecule has 0 aliphatic carbocycles. The second-order valence-corrected chi connectivity index (χ2v) is 3.05. The molecule has 0 aliphatic rings. The lowest BCUT2D eigenvalue weighted by Gasteiger charge is -2.07. The number of rotatable bonds is 4. The van der Waals surface area contributed by atoms with Crippen LogP contribution in [-0.2, 0) is 14.3 Å². The van der Waals surface area contributed by atoms with Gasteiger partial charge in [-0.2, -0.15) is 0 Å². The Morgan fingerprint density at radius 2 is 1.88 bits per heavy atom. The Balaban J connectivity index is 2.68. The van der Waals surface area contributed by atoms with Crippen molar-refractivity contribution in [1.82, 2.24) is 0 Å². The predicted molar refractivity (Wildman–Crippen MR) is 62.8 cm³/mol. The number of carbonyl (C=O) groups excluding carboxylic acids is 2. The summed E-state index contributed by atoms with van der Waals surface area (Å²) < 4.78 is 9.43. The molecule has 0 saturated heterocycles. The minimum Gasteiger partial charge on any atom is -0.495 e. The van der Waals surface area contributed by atoms with Crippen LogP contribution in [-0.4, -0.2) is 26.1 Å². The lowest BCUT2D eigenvalue weighted by Crippen LogP contribution is -2.09. The van der Waals surface area contributed by atoms with Gasteiger partial charge in [0.15, 0.2) is 0 Å². The first-order valence-corrected chi connectivity index (χ1v) is 4.87. The van der Waals surface area contributed by atoms with E-state index in [4.69, 9.17) is 4.74 Å². The first-order valence-electron chi connectivity index (χ1n) is 4.87. The maximum absolute atomic E-state index is 11.4. The molecule has 0 saturated carbocycles. The molecule has 1 rings (SSSR count). The lowest BCUT2D eigenvalue weighted by atomic mass is 10.3. The van der Waals surface area contributed by atoms with Crippen LogP contribution in [0.15, 0.2) is 36.4 Å². The van der Waals surface area contributed by atoms with Crippen molar-refractivity contribution >= 4 is 17.6 Å². The third-order valence-electron chi connectivity index (χ3n) is 1.94. The van der Waals surface area contributed by atoms with Crippen LogP contribution in [0.25, 0.3) is 0 Å². The minimum absolute atomic E-state index is 0.431. The van der Waals surface area contributed by atoms with Gasteiger partial charge < -0.3 is 14.8 Å². The smallest absolute Gasteiger partial charge is 0.330 e. The Hall–Kier alpha value is -2.30. The summed E-state index contributed by atoms with van der Waals surface area (Å²) in [5, 5.41) is 2.58. The fourth-order valence-corrected chi connectivity index (χ4v) is 1.13. The summed E-state index contributed by atoms with van der Waals surface area (Å²) in [6.45, 7) is 0. The third kappa shape index (κ3) is 3.98. The van der Waals surface area contributed by atoms with E-state index in [0.717, 1.165) is 12.2 Å². The number of ether oxygens (including phenoxy) is 2. The molecule has 17 heavy (non-hydrogen) atoms. The van der Waals surface area contributed by atoms with E-state index in [0.29, 0.717) is 11.4 Å². The Morgan fingerprint density at radius 1 is 1.18 bits per heavy atom. The van der Waals surface area contributed by atoms with E-state index in [1.54, 1.807) is 24.3 Å². The van der Waals surface area contributed by atoms with Gasteiger partial charge in [-0.3, -0.25) is 4.79 Å². The molecule has 0 bridgehead atoms. The summed E-state index contributed by atoms with van der Waals surface area (Å²) in [5.74, 6) is -0.465. The average molecular weight is 235 g/mol. The normalized spacial score (nSPS) is 10.0. The number of hydrogen-bond acceptors (Lipinski definition) is 4. The van der Waals surface area contributed by atoms with Gasteiger partial charge in [0.25, 0.3) is 0 Å². The van der Waals surface area contributed by atoms with Crippen molar-refractivity contribution in [3.8, 4) is 5.75 Å². The largest absolute Gasteiger partial charge is 0.495 e. The van der Waals surface area contributed by atoms with Crippen LogP contribution in [0.5, 0.6) is 5.75 Å². The molecule has 0 atom stereocenters. The molecule has 5 heteroatoms. The molecule has 1 amide bonds. The zero-order chi connectivity index (χ0) is 12.7. The van der Waals surface area contributed by atoms with E-state index in [1.165, 1.54) is 14.2 Å². The van der Waals surface area contributed by atoms with Gasteiger partial charge in [0.05, 0.1) is 19.9 Å². The zero-order valence-electron chi connectivity index (χ0n) is 9.60. The zero-order valence-corrected chi connectivity index (χ0v) is 9.60. The molecule has 5 nitrogen and oxygen atoms in total. The Kier molecular flexibility index (Phi) is 4.75. The molecule has 0 radical (unpaired) electrons. The first kappa shape index (κ1) is 12.8. The second kappa shape index (κ2) is 6.32. The summed E-state index contributed by atoms with van der Waals surface area (Å²) >= 11 is 0. The van der Waals surface area contributed by atoms with Gasteiger partial charge in [-0.15, -0.1) is 0 Å². The Labute approximate surface area is 99.0 Å². The number of para-hydroxylation sites is 2. The molecule has 1 N–H and O–H groups in total. The van der Waals surface area contributed by atoms with Crippen LogP contribution < -0.4 is 10.1 Å². The summed E-state index contributed by atoms with van der Waals surface area (Å²) in [5.41, 5.74) is 0.537. The summed E-state index contributed by atoms with van der Waals surface area (Å²) in [6, 6.07) is 6.98. The van der Waals surface area contributed by atoms with Crippen molar-refractivity contribution < 1.29 is 19.1 Å². The number of methoxy groups -OCH3 is 2. The van der Waals surface area contributed by atoms with Crippen LogP contribution >= 0.6 is 0 Å². The number of hydrogen-bond donors (Lipinski definition) is 1. The molecular formula is C12H13NO4.